The van der Waals surface area contributed by atoms with Gasteiger partial charge in [-0.15, -0.1) is 0 Å². The lowest BCUT2D eigenvalue weighted by Crippen LogP contribution is -2.33. The van der Waals surface area contributed by atoms with Gasteiger partial charge in [0.25, 0.3) is 0 Å². The lowest BCUT2D eigenvalue weighted by molar-refractivity contribution is 0.157. The first kappa shape index (κ1) is 10.8. The summed E-state index contributed by atoms with van der Waals surface area (Å²) in [4.78, 5) is 5.68. The van der Waals surface area contributed by atoms with E-state index in [4.69, 9.17) is 12.2 Å². The minimum absolute atomic E-state index is 0.593. The molecule has 0 spiro atoms. The maximum absolute atomic E-state index is 5.06. The van der Waals surface area contributed by atoms with Crippen LogP contribution in [0, 0.1) is 4.64 Å². The highest BCUT2D eigenvalue weighted by atomic mass is 32.1. The zero-order valence-corrected chi connectivity index (χ0v) is 10.0. The van der Waals surface area contributed by atoms with Gasteiger partial charge in [0, 0.05) is 12.2 Å². The Bertz CT molecular complexity index is 352. The number of aromatic amines is 1. The number of nitrogens with zero attached hydrogens (tertiary/aromatic N) is 1. The fourth-order valence-corrected chi connectivity index (χ4v) is 2.50. The standard InChI is InChI=1S/C12H18N2S/c1-2-14-8-4-3-5-11(14)10-6-7-12(15)13-9-10/h6-7,9,11H,2-5,8H2,1H3,(H,13,15)/t11-/m0/s1. The number of hydrogen-bond donors (Lipinski definition) is 1. The Hall–Kier alpha value is -0.670. The highest BCUT2D eigenvalue weighted by Crippen LogP contribution is 2.29. The fraction of sp³-hybridized carbons (Fsp3) is 0.583. The van der Waals surface area contributed by atoms with Crippen LogP contribution in [0.4, 0.5) is 0 Å². The second-order valence-electron chi connectivity index (χ2n) is 4.13. The van der Waals surface area contributed by atoms with Gasteiger partial charge in [-0.3, -0.25) is 4.90 Å². The highest BCUT2D eigenvalue weighted by molar-refractivity contribution is 7.71. The fourth-order valence-electron chi connectivity index (χ4n) is 2.38. The van der Waals surface area contributed by atoms with Crippen LogP contribution in [0.5, 0.6) is 0 Å². The van der Waals surface area contributed by atoms with Crippen LogP contribution >= 0.6 is 12.2 Å². The molecule has 1 saturated heterocycles. The molecule has 1 N–H and O–H groups in total. The Balaban J connectivity index is 2.20. The molecule has 0 aromatic carbocycles. The summed E-state index contributed by atoms with van der Waals surface area (Å²) in [5, 5.41) is 0. The zero-order valence-electron chi connectivity index (χ0n) is 9.20. The van der Waals surface area contributed by atoms with E-state index in [0.717, 1.165) is 11.2 Å². The summed E-state index contributed by atoms with van der Waals surface area (Å²) >= 11 is 5.06. The molecule has 1 aliphatic rings. The number of aromatic nitrogens is 1. The van der Waals surface area contributed by atoms with Crippen molar-refractivity contribution in [2.45, 2.75) is 32.2 Å². The molecule has 1 atom stereocenters. The summed E-state index contributed by atoms with van der Waals surface area (Å²) in [5.41, 5.74) is 1.38. The van der Waals surface area contributed by atoms with Crippen molar-refractivity contribution >= 4 is 12.2 Å². The Kier molecular flexibility index (Phi) is 3.54. The van der Waals surface area contributed by atoms with Crippen molar-refractivity contribution < 1.29 is 0 Å². The number of pyridine rings is 1. The van der Waals surface area contributed by atoms with Gasteiger partial charge in [0.1, 0.15) is 4.64 Å². The van der Waals surface area contributed by atoms with Crippen molar-refractivity contribution in [3.8, 4) is 0 Å². The monoisotopic (exact) mass is 222 g/mol. The number of rotatable bonds is 2. The number of likely N-dealkylation sites (tertiary alicyclic amines) is 1. The molecular formula is C12H18N2S. The molecule has 1 aliphatic heterocycles. The van der Waals surface area contributed by atoms with Gasteiger partial charge in [0.15, 0.2) is 0 Å². The van der Waals surface area contributed by atoms with Crippen molar-refractivity contribution in [3.05, 3.63) is 28.5 Å². The molecule has 0 saturated carbocycles. The average molecular weight is 222 g/mol. The van der Waals surface area contributed by atoms with E-state index in [0.29, 0.717) is 6.04 Å². The number of piperidine rings is 1. The molecule has 2 heterocycles. The van der Waals surface area contributed by atoms with E-state index in [2.05, 4.69) is 29.1 Å². The van der Waals surface area contributed by atoms with Crippen molar-refractivity contribution in [1.82, 2.24) is 9.88 Å². The normalized spacial score (nSPS) is 22.9. The zero-order chi connectivity index (χ0) is 10.7. The molecule has 2 nitrogen and oxygen atoms in total. The Morgan fingerprint density at radius 3 is 3.00 bits per heavy atom. The van der Waals surface area contributed by atoms with Crippen LogP contribution in [-0.4, -0.2) is 23.0 Å². The van der Waals surface area contributed by atoms with Gasteiger partial charge < -0.3 is 4.98 Å². The van der Waals surface area contributed by atoms with E-state index in [1.807, 2.05) is 6.07 Å². The molecule has 0 amide bonds. The number of nitrogens with one attached hydrogen (secondary N) is 1. The molecule has 0 aliphatic carbocycles. The molecule has 15 heavy (non-hydrogen) atoms. The van der Waals surface area contributed by atoms with Crippen LogP contribution in [0.25, 0.3) is 0 Å². The lowest BCUT2D eigenvalue weighted by atomic mass is 9.96. The van der Waals surface area contributed by atoms with Gasteiger partial charge in [0.05, 0.1) is 0 Å². The van der Waals surface area contributed by atoms with Crippen molar-refractivity contribution in [2.75, 3.05) is 13.1 Å². The molecule has 2 rings (SSSR count). The topological polar surface area (TPSA) is 19.0 Å². The lowest BCUT2D eigenvalue weighted by Gasteiger charge is -2.35. The van der Waals surface area contributed by atoms with Crippen LogP contribution in [0.3, 0.4) is 0 Å². The minimum atomic E-state index is 0.593. The quantitative estimate of drug-likeness (QED) is 0.774. The van der Waals surface area contributed by atoms with Gasteiger partial charge in [-0.25, -0.2) is 0 Å². The summed E-state index contributed by atoms with van der Waals surface area (Å²) in [6.45, 7) is 4.61. The Morgan fingerprint density at radius 1 is 1.47 bits per heavy atom. The third-order valence-corrected chi connectivity index (χ3v) is 3.47. The van der Waals surface area contributed by atoms with Gasteiger partial charge in [-0.1, -0.05) is 31.6 Å². The Morgan fingerprint density at radius 2 is 2.33 bits per heavy atom. The predicted octanol–water partition coefficient (Wildman–Crippen LogP) is 3.29. The van der Waals surface area contributed by atoms with Gasteiger partial charge in [0.2, 0.25) is 0 Å². The smallest absolute Gasteiger partial charge is 0.103 e. The molecule has 3 heteroatoms. The minimum Gasteiger partial charge on any atom is -0.353 e. The molecule has 0 bridgehead atoms. The van der Waals surface area contributed by atoms with Crippen LogP contribution in [0.1, 0.15) is 37.8 Å². The summed E-state index contributed by atoms with van der Waals surface area (Å²) in [6.07, 6.45) is 6.03. The molecule has 0 unspecified atom stereocenters. The highest BCUT2D eigenvalue weighted by Gasteiger charge is 2.22. The van der Waals surface area contributed by atoms with Crippen LogP contribution in [0.15, 0.2) is 18.3 Å². The molecular weight excluding hydrogens is 204 g/mol. The first-order valence-electron chi connectivity index (χ1n) is 5.74. The maximum Gasteiger partial charge on any atom is 0.103 e. The number of hydrogen-bond acceptors (Lipinski definition) is 2. The number of H-pyrrole nitrogens is 1. The van der Waals surface area contributed by atoms with Crippen molar-refractivity contribution in [2.24, 2.45) is 0 Å². The van der Waals surface area contributed by atoms with Crippen LogP contribution in [-0.2, 0) is 0 Å². The third kappa shape index (κ3) is 2.47. The summed E-state index contributed by atoms with van der Waals surface area (Å²) in [7, 11) is 0. The van der Waals surface area contributed by atoms with E-state index < -0.39 is 0 Å². The van der Waals surface area contributed by atoms with E-state index in [-0.39, 0.29) is 0 Å². The summed E-state index contributed by atoms with van der Waals surface area (Å²) in [6, 6.07) is 4.75. The molecule has 82 valence electrons. The SMILES string of the molecule is CCN1CCCC[C@H]1c1ccc(=S)[nH]c1. The van der Waals surface area contributed by atoms with Gasteiger partial charge in [-0.05, 0) is 37.6 Å². The van der Waals surface area contributed by atoms with Crippen molar-refractivity contribution in [1.29, 1.82) is 0 Å². The van der Waals surface area contributed by atoms with E-state index in [1.165, 1.54) is 31.4 Å². The summed E-state index contributed by atoms with van der Waals surface area (Å²) in [5.74, 6) is 0. The molecule has 0 radical (unpaired) electrons. The van der Waals surface area contributed by atoms with Gasteiger partial charge in [-0.2, -0.15) is 0 Å². The van der Waals surface area contributed by atoms with Gasteiger partial charge >= 0.3 is 0 Å². The van der Waals surface area contributed by atoms with Crippen LogP contribution < -0.4 is 0 Å². The second kappa shape index (κ2) is 4.90. The van der Waals surface area contributed by atoms with E-state index in [9.17, 15) is 0 Å². The predicted molar refractivity (Wildman–Crippen MR) is 65.5 cm³/mol. The third-order valence-electron chi connectivity index (χ3n) is 3.21. The molecule has 1 aromatic heterocycles. The van der Waals surface area contributed by atoms with Crippen molar-refractivity contribution in [3.63, 3.8) is 0 Å². The first-order chi connectivity index (χ1) is 7.31. The first-order valence-corrected chi connectivity index (χ1v) is 6.15. The average Bonchev–Trinajstić information content (AvgIpc) is 2.30. The maximum atomic E-state index is 5.06. The molecule has 1 aromatic rings. The summed E-state index contributed by atoms with van der Waals surface area (Å²) < 4.78 is 0.817. The van der Waals surface area contributed by atoms with E-state index in [1.54, 1.807) is 0 Å². The molecule has 1 fully saturated rings. The van der Waals surface area contributed by atoms with Crippen LogP contribution in [0.2, 0.25) is 0 Å². The Labute approximate surface area is 96.3 Å². The second-order valence-corrected chi connectivity index (χ2v) is 4.57. The largest absolute Gasteiger partial charge is 0.353 e. The van der Waals surface area contributed by atoms with E-state index >= 15 is 0 Å².